The molecule has 0 saturated heterocycles. The Morgan fingerprint density at radius 2 is 1.80 bits per heavy atom. The minimum absolute atomic E-state index is 0.418. The van der Waals surface area contributed by atoms with Crippen molar-refractivity contribution < 1.29 is 0 Å². The Kier molecular flexibility index (Phi) is 5.83. The third kappa shape index (κ3) is 5.31. The molecule has 1 saturated carbocycles. The fraction of sp³-hybridized carbons (Fsp3) is 0.941. The largest absolute Gasteiger partial charge is 0.365 e. The third-order valence-electron chi connectivity index (χ3n) is 4.64. The van der Waals surface area contributed by atoms with E-state index in [0.717, 1.165) is 24.9 Å². The van der Waals surface area contributed by atoms with Crippen LogP contribution >= 0.6 is 11.8 Å². The van der Waals surface area contributed by atoms with Crippen LogP contribution in [0.1, 0.15) is 66.2 Å². The van der Waals surface area contributed by atoms with Crippen molar-refractivity contribution in [2.45, 2.75) is 71.5 Å². The van der Waals surface area contributed by atoms with Gasteiger partial charge in [0.2, 0.25) is 0 Å². The Hall–Kier alpha value is -0.180. The lowest BCUT2D eigenvalue weighted by atomic mass is 9.81. The van der Waals surface area contributed by atoms with Gasteiger partial charge in [-0.15, -0.1) is 0 Å². The van der Waals surface area contributed by atoms with E-state index in [1.54, 1.807) is 0 Å². The average molecular weight is 297 g/mol. The van der Waals surface area contributed by atoms with Crippen LogP contribution in [0, 0.1) is 17.3 Å². The molecule has 0 aromatic rings. The maximum Gasteiger partial charge on any atom is 0.156 e. The van der Waals surface area contributed by atoms with Gasteiger partial charge in [-0.1, -0.05) is 58.7 Å². The maximum absolute atomic E-state index is 4.69. The van der Waals surface area contributed by atoms with Crippen molar-refractivity contribution in [3.05, 3.63) is 0 Å². The lowest BCUT2D eigenvalue weighted by molar-refractivity contribution is 0.269. The van der Waals surface area contributed by atoms with Gasteiger partial charge in [0.25, 0.3) is 0 Å². The van der Waals surface area contributed by atoms with Crippen LogP contribution in [0.3, 0.4) is 0 Å². The molecule has 3 heteroatoms. The summed E-state index contributed by atoms with van der Waals surface area (Å²) >= 11 is 1.97. The zero-order chi connectivity index (χ0) is 14.6. The van der Waals surface area contributed by atoms with Crippen LogP contribution in [0.15, 0.2) is 4.99 Å². The number of nitrogens with zero attached hydrogens (tertiary/aromatic N) is 1. The number of rotatable bonds is 4. The molecule has 0 spiro atoms. The number of amidine groups is 1. The molecule has 1 N–H and O–H groups in total. The summed E-state index contributed by atoms with van der Waals surface area (Å²) < 4.78 is 0. The van der Waals surface area contributed by atoms with Crippen LogP contribution in [0.4, 0.5) is 0 Å². The lowest BCUT2D eigenvalue weighted by Gasteiger charge is -2.28. The van der Waals surface area contributed by atoms with Gasteiger partial charge in [-0.05, 0) is 36.5 Å². The first kappa shape index (κ1) is 16.2. The number of nitrogens with one attached hydrogen (secondary N) is 1. The summed E-state index contributed by atoms with van der Waals surface area (Å²) in [5, 5.41) is 5.51. The second kappa shape index (κ2) is 7.20. The molecule has 1 aliphatic heterocycles. The summed E-state index contributed by atoms with van der Waals surface area (Å²) in [6.45, 7) is 11.5. The Morgan fingerprint density at radius 1 is 1.15 bits per heavy atom. The smallest absolute Gasteiger partial charge is 0.156 e. The quantitative estimate of drug-likeness (QED) is 0.813. The molecular weight excluding hydrogens is 264 g/mol. The van der Waals surface area contributed by atoms with Crippen molar-refractivity contribution in [2.75, 3.05) is 13.1 Å². The predicted octanol–water partition coefficient (Wildman–Crippen LogP) is 4.70. The summed E-state index contributed by atoms with van der Waals surface area (Å²) in [6.07, 6.45) is 8.33. The third-order valence-corrected chi connectivity index (χ3v) is 5.79. The molecule has 2 nitrogen and oxygen atoms in total. The monoisotopic (exact) mass is 296 g/mol. The van der Waals surface area contributed by atoms with E-state index in [-0.39, 0.29) is 0 Å². The van der Waals surface area contributed by atoms with Crippen LogP contribution < -0.4 is 5.32 Å². The minimum atomic E-state index is 0.418. The molecule has 1 unspecified atom stereocenters. The number of thioether (sulfide) groups is 1. The summed E-state index contributed by atoms with van der Waals surface area (Å²) in [5.41, 5.74) is 0.418. The van der Waals surface area contributed by atoms with E-state index >= 15 is 0 Å². The molecular formula is C17H32N2S. The van der Waals surface area contributed by atoms with Crippen molar-refractivity contribution in [3.8, 4) is 0 Å². The summed E-state index contributed by atoms with van der Waals surface area (Å²) in [5.74, 6) is 1.88. The van der Waals surface area contributed by atoms with Crippen LogP contribution in [0.25, 0.3) is 0 Å². The van der Waals surface area contributed by atoms with Crippen molar-refractivity contribution in [1.29, 1.82) is 0 Å². The zero-order valence-electron chi connectivity index (χ0n) is 13.7. The van der Waals surface area contributed by atoms with Gasteiger partial charge < -0.3 is 5.32 Å². The molecule has 1 atom stereocenters. The topological polar surface area (TPSA) is 24.4 Å². The highest BCUT2D eigenvalue weighted by Crippen LogP contribution is 2.32. The maximum atomic E-state index is 4.69. The van der Waals surface area contributed by atoms with Crippen LogP contribution in [0.5, 0.6) is 0 Å². The number of hydrogen-bond donors (Lipinski definition) is 1. The summed E-state index contributed by atoms with van der Waals surface area (Å²) in [7, 11) is 0. The van der Waals surface area contributed by atoms with Crippen molar-refractivity contribution in [3.63, 3.8) is 0 Å². The Labute approximate surface area is 129 Å². The van der Waals surface area contributed by atoms with Gasteiger partial charge in [0.1, 0.15) is 0 Å². The summed E-state index contributed by atoms with van der Waals surface area (Å²) in [6, 6.07) is 0. The van der Waals surface area contributed by atoms with Crippen LogP contribution in [0.2, 0.25) is 0 Å². The van der Waals surface area contributed by atoms with Gasteiger partial charge in [0.05, 0.1) is 6.54 Å². The van der Waals surface area contributed by atoms with Crippen molar-refractivity contribution in [2.24, 2.45) is 22.2 Å². The van der Waals surface area contributed by atoms with Gasteiger partial charge in [-0.25, -0.2) is 0 Å². The molecule has 0 radical (unpaired) electrons. The van der Waals surface area contributed by atoms with E-state index in [4.69, 9.17) is 0 Å². The molecule has 0 aromatic heterocycles. The first-order valence-electron chi connectivity index (χ1n) is 8.41. The average Bonchev–Trinajstić information content (AvgIpc) is 2.82. The van der Waals surface area contributed by atoms with Crippen LogP contribution in [-0.4, -0.2) is 23.5 Å². The van der Waals surface area contributed by atoms with E-state index in [9.17, 15) is 0 Å². The SMILES string of the molecule is CCC1CCC(CNC2=NCC(CC(C)(C)C)S2)CC1. The fourth-order valence-corrected chi connectivity index (χ4v) is 4.74. The fourth-order valence-electron chi connectivity index (χ4n) is 3.38. The van der Waals surface area contributed by atoms with Gasteiger partial charge in [-0.2, -0.15) is 0 Å². The van der Waals surface area contributed by atoms with E-state index in [2.05, 4.69) is 38.0 Å². The highest BCUT2D eigenvalue weighted by atomic mass is 32.2. The Balaban J connectivity index is 1.64. The normalized spacial score (nSPS) is 31.2. The molecule has 0 amide bonds. The van der Waals surface area contributed by atoms with E-state index in [1.807, 2.05) is 11.8 Å². The second-order valence-electron chi connectivity index (χ2n) is 7.83. The highest BCUT2D eigenvalue weighted by molar-refractivity contribution is 8.14. The Morgan fingerprint density at radius 3 is 2.40 bits per heavy atom. The molecule has 1 aliphatic carbocycles. The summed E-state index contributed by atoms with van der Waals surface area (Å²) in [4.78, 5) is 4.69. The molecule has 20 heavy (non-hydrogen) atoms. The molecule has 1 heterocycles. The van der Waals surface area contributed by atoms with Crippen molar-refractivity contribution in [1.82, 2.24) is 5.32 Å². The highest BCUT2D eigenvalue weighted by Gasteiger charge is 2.26. The first-order chi connectivity index (χ1) is 9.46. The molecule has 116 valence electrons. The Bertz CT molecular complexity index is 324. The molecule has 1 fully saturated rings. The lowest BCUT2D eigenvalue weighted by Crippen LogP contribution is -2.29. The predicted molar refractivity (Wildman–Crippen MR) is 91.5 cm³/mol. The molecule has 0 aromatic carbocycles. The first-order valence-corrected chi connectivity index (χ1v) is 9.29. The number of aliphatic imine (C=N–C) groups is 1. The van der Waals surface area contributed by atoms with E-state index < -0.39 is 0 Å². The van der Waals surface area contributed by atoms with Crippen molar-refractivity contribution >= 4 is 16.9 Å². The van der Waals surface area contributed by atoms with Crippen LogP contribution in [-0.2, 0) is 0 Å². The standard InChI is InChI=1S/C17H32N2S/c1-5-13-6-8-14(9-7-13)11-18-16-19-12-15(20-16)10-17(2,3)4/h13-15H,5-12H2,1-4H3,(H,18,19). The van der Waals surface area contributed by atoms with E-state index in [0.29, 0.717) is 10.7 Å². The van der Waals surface area contributed by atoms with Gasteiger partial charge in [0, 0.05) is 11.8 Å². The van der Waals surface area contributed by atoms with Gasteiger partial charge in [0.15, 0.2) is 5.17 Å². The molecule has 2 aliphatic rings. The van der Waals surface area contributed by atoms with Gasteiger partial charge in [-0.3, -0.25) is 4.99 Å². The molecule has 2 rings (SSSR count). The zero-order valence-corrected chi connectivity index (χ0v) is 14.6. The second-order valence-corrected chi connectivity index (χ2v) is 9.12. The van der Waals surface area contributed by atoms with Gasteiger partial charge >= 0.3 is 0 Å². The van der Waals surface area contributed by atoms with E-state index in [1.165, 1.54) is 43.7 Å². The number of hydrogen-bond acceptors (Lipinski definition) is 3. The minimum Gasteiger partial charge on any atom is -0.365 e. The molecule has 0 bridgehead atoms.